The minimum atomic E-state index is -1.14. The molecule has 1 rings (SSSR count). The molecule has 0 bridgehead atoms. The fourth-order valence-corrected chi connectivity index (χ4v) is 1.34. The summed E-state index contributed by atoms with van der Waals surface area (Å²) in [6, 6.07) is 6.89. The third kappa shape index (κ3) is 3.56. The van der Waals surface area contributed by atoms with Crippen molar-refractivity contribution in [3.8, 4) is 0 Å². The molecule has 0 aromatic heterocycles. The molecule has 5 heteroatoms. The Morgan fingerprint density at radius 1 is 1.22 bits per heavy atom. The van der Waals surface area contributed by atoms with Crippen LogP contribution in [0.1, 0.15) is 33.3 Å². The van der Waals surface area contributed by atoms with E-state index in [0.717, 1.165) is 0 Å². The molecule has 0 amide bonds. The van der Waals surface area contributed by atoms with Gasteiger partial charge in [0.2, 0.25) is 0 Å². The smallest absolute Gasteiger partial charge is 0.423 e. The lowest BCUT2D eigenvalue weighted by Crippen LogP contribution is -2.53. The second-order valence-electron chi connectivity index (χ2n) is 5.44. The molecule has 0 aliphatic carbocycles. The molecule has 0 unspecified atom stereocenters. The molecule has 100 valence electrons. The highest BCUT2D eigenvalue weighted by molar-refractivity contribution is 6.60. The molecule has 1 aromatic carbocycles. The van der Waals surface area contributed by atoms with Crippen LogP contribution in [0.15, 0.2) is 24.3 Å². The van der Waals surface area contributed by atoms with E-state index < -0.39 is 18.3 Å². The van der Waals surface area contributed by atoms with E-state index in [1.165, 1.54) is 0 Å². The first-order valence-electron chi connectivity index (χ1n) is 5.95. The van der Waals surface area contributed by atoms with Gasteiger partial charge in [0.05, 0.1) is 17.8 Å². The van der Waals surface area contributed by atoms with Crippen molar-refractivity contribution in [1.29, 1.82) is 0 Å². The number of hydrogen-bond donors (Lipinski definition) is 3. The van der Waals surface area contributed by atoms with Gasteiger partial charge >= 0.3 is 7.12 Å². The van der Waals surface area contributed by atoms with Crippen LogP contribution in [-0.4, -0.2) is 33.6 Å². The highest BCUT2D eigenvalue weighted by atomic mass is 16.5. The van der Waals surface area contributed by atoms with Crippen LogP contribution in [-0.2, 0) is 11.3 Å². The van der Waals surface area contributed by atoms with Gasteiger partial charge in [0.1, 0.15) is 0 Å². The number of rotatable bonds is 5. The summed E-state index contributed by atoms with van der Waals surface area (Å²) in [6.45, 7) is 6.60. The van der Waals surface area contributed by atoms with Crippen molar-refractivity contribution < 1.29 is 19.9 Å². The summed E-state index contributed by atoms with van der Waals surface area (Å²) in [4.78, 5) is 0. The third-order valence-corrected chi connectivity index (χ3v) is 3.30. The number of aliphatic hydroxyl groups is 2. The maximum Gasteiger partial charge on any atom is 0.491 e. The lowest BCUT2D eigenvalue weighted by atomic mass is 9.76. The van der Waals surface area contributed by atoms with Gasteiger partial charge in [-0.2, -0.15) is 0 Å². The molecule has 1 aromatic rings. The van der Waals surface area contributed by atoms with Crippen LogP contribution >= 0.6 is 0 Å². The number of aliphatic hydroxyl groups excluding tert-OH is 1. The first-order chi connectivity index (χ1) is 8.17. The van der Waals surface area contributed by atoms with Gasteiger partial charge in [-0.15, -0.1) is 0 Å². The first-order valence-corrected chi connectivity index (χ1v) is 5.95. The van der Waals surface area contributed by atoms with Crippen LogP contribution in [0.3, 0.4) is 0 Å². The Labute approximate surface area is 108 Å². The van der Waals surface area contributed by atoms with E-state index >= 15 is 0 Å². The standard InChI is InChI=1S/C13H21BO4/c1-12(2,16)13(3,4)18-14(17)11-7-5-6-10(8-11)9-15/h5-8,15-17H,9H2,1-4H3. The molecular formula is C13H21BO4. The second kappa shape index (κ2) is 5.40. The zero-order valence-corrected chi connectivity index (χ0v) is 11.3. The molecule has 4 nitrogen and oxygen atoms in total. The zero-order valence-electron chi connectivity index (χ0n) is 11.3. The summed E-state index contributed by atoms with van der Waals surface area (Å²) in [5.41, 5.74) is -0.723. The maximum absolute atomic E-state index is 10.0. The van der Waals surface area contributed by atoms with Crippen molar-refractivity contribution in [3.63, 3.8) is 0 Å². The Morgan fingerprint density at radius 2 is 1.83 bits per heavy atom. The second-order valence-corrected chi connectivity index (χ2v) is 5.44. The summed E-state index contributed by atoms with van der Waals surface area (Å²) in [7, 11) is -1.14. The van der Waals surface area contributed by atoms with E-state index in [9.17, 15) is 10.1 Å². The lowest BCUT2D eigenvalue weighted by Gasteiger charge is -2.38. The molecule has 0 saturated carbocycles. The summed E-state index contributed by atoms with van der Waals surface area (Å²) in [5, 5.41) is 29.0. The van der Waals surface area contributed by atoms with Crippen molar-refractivity contribution in [1.82, 2.24) is 0 Å². The first kappa shape index (κ1) is 15.2. The van der Waals surface area contributed by atoms with Crippen molar-refractivity contribution in [2.45, 2.75) is 45.5 Å². The van der Waals surface area contributed by atoms with Crippen molar-refractivity contribution in [2.75, 3.05) is 0 Å². The van der Waals surface area contributed by atoms with Crippen LogP contribution in [0.25, 0.3) is 0 Å². The quantitative estimate of drug-likeness (QED) is 0.665. The Balaban J connectivity index is 2.85. The van der Waals surface area contributed by atoms with Crippen LogP contribution in [0.5, 0.6) is 0 Å². The van der Waals surface area contributed by atoms with Gasteiger partial charge in [-0.1, -0.05) is 24.3 Å². The van der Waals surface area contributed by atoms with E-state index in [4.69, 9.17) is 9.76 Å². The average Bonchev–Trinajstić information content (AvgIpc) is 2.27. The Hall–Kier alpha value is -0.875. The van der Waals surface area contributed by atoms with Gasteiger partial charge in [-0.3, -0.25) is 0 Å². The van der Waals surface area contributed by atoms with Crippen molar-refractivity contribution in [3.05, 3.63) is 29.8 Å². The van der Waals surface area contributed by atoms with Gasteiger partial charge in [-0.25, -0.2) is 0 Å². The Bertz CT molecular complexity index is 398. The lowest BCUT2D eigenvalue weighted by molar-refractivity contribution is -0.0982. The fraction of sp³-hybridized carbons (Fsp3) is 0.538. The largest absolute Gasteiger partial charge is 0.491 e. The van der Waals surface area contributed by atoms with Crippen molar-refractivity contribution >= 4 is 12.6 Å². The van der Waals surface area contributed by atoms with Crippen molar-refractivity contribution in [2.24, 2.45) is 0 Å². The monoisotopic (exact) mass is 252 g/mol. The molecule has 18 heavy (non-hydrogen) atoms. The zero-order chi connectivity index (χ0) is 14.0. The van der Waals surface area contributed by atoms with Crippen LogP contribution < -0.4 is 5.46 Å². The molecule has 3 N–H and O–H groups in total. The molecule has 0 heterocycles. The molecule has 0 atom stereocenters. The van der Waals surface area contributed by atoms with E-state index in [1.807, 2.05) is 0 Å². The topological polar surface area (TPSA) is 69.9 Å². The van der Waals surface area contributed by atoms with Gasteiger partial charge in [0, 0.05) is 0 Å². The third-order valence-electron chi connectivity index (χ3n) is 3.30. The van der Waals surface area contributed by atoms with Gasteiger partial charge < -0.3 is 19.9 Å². The normalized spacial score (nSPS) is 12.6. The van der Waals surface area contributed by atoms with E-state index in [2.05, 4.69) is 0 Å². The number of hydrogen-bond acceptors (Lipinski definition) is 4. The summed E-state index contributed by atoms with van der Waals surface area (Å²) in [6.07, 6.45) is 0. The molecule has 0 aliphatic heterocycles. The van der Waals surface area contributed by atoms with E-state index in [-0.39, 0.29) is 6.61 Å². The van der Waals surface area contributed by atoms with Gasteiger partial charge in [0.15, 0.2) is 0 Å². The average molecular weight is 252 g/mol. The van der Waals surface area contributed by atoms with E-state index in [1.54, 1.807) is 52.0 Å². The highest BCUT2D eigenvalue weighted by Gasteiger charge is 2.39. The predicted molar refractivity (Wildman–Crippen MR) is 71.4 cm³/mol. The van der Waals surface area contributed by atoms with Gasteiger partial charge in [-0.05, 0) is 38.7 Å². The molecule has 0 radical (unpaired) electrons. The summed E-state index contributed by atoms with van der Waals surface area (Å²) >= 11 is 0. The van der Waals surface area contributed by atoms with Crippen LogP contribution in [0.4, 0.5) is 0 Å². The van der Waals surface area contributed by atoms with Gasteiger partial charge in [0.25, 0.3) is 0 Å². The number of benzene rings is 1. The van der Waals surface area contributed by atoms with Crippen LogP contribution in [0.2, 0.25) is 0 Å². The molecule has 0 spiro atoms. The minimum Gasteiger partial charge on any atom is -0.423 e. The summed E-state index contributed by atoms with van der Waals surface area (Å²) in [5.74, 6) is 0. The Kier molecular flexibility index (Phi) is 4.56. The predicted octanol–water partition coefficient (Wildman–Crippen LogP) is 0.432. The fourth-order valence-electron chi connectivity index (χ4n) is 1.34. The molecule has 0 saturated heterocycles. The SMILES string of the molecule is CC(C)(O)C(C)(C)OB(O)c1cccc(CO)c1. The van der Waals surface area contributed by atoms with Crippen LogP contribution in [0, 0.1) is 0 Å². The summed E-state index contributed by atoms with van der Waals surface area (Å²) < 4.78 is 5.51. The highest BCUT2D eigenvalue weighted by Crippen LogP contribution is 2.25. The van der Waals surface area contributed by atoms with E-state index in [0.29, 0.717) is 11.0 Å². The molecule has 0 fully saturated rings. The Morgan fingerprint density at radius 3 is 2.33 bits per heavy atom. The maximum atomic E-state index is 10.0. The minimum absolute atomic E-state index is 0.0879. The molecule has 0 aliphatic rings. The molecular weight excluding hydrogens is 231 g/mol.